The number of piperidine rings is 2. The Morgan fingerprint density at radius 2 is 1.71 bits per heavy atom. The van der Waals surface area contributed by atoms with Gasteiger partial charge in [-0.05, 0) is 61.6 Å². The SMILES string of the molecule is CC(C)c1ccc(S(=O)(=O)N2CCC(C(=O)N3CCCC(CCC(N)=O)C3)CC2)cc1. The molecule has 0 aromatic heterocycles. The smallest absolute Gasteiger partial charge is 0.243 e. The number of primary amides is 1. The largest absolute Gasteiger partial charge is 0.370 e. The second-order valence-electron chi connectivity index (χ2n) is 9.20. The summed E-state index contributed by atoms with van der Waals surface area (Å²) >= 11 is 0. The van der Waals surface area contributed by atoms with Crippen molar-refractivity contribution >= 4 is 21.8 Å². The van der Waals surface area contributed by atoms with Crippen LogP contribution in [0.4, 0.5) is 0 Å². The Morgan fingerprint density at radius 3 is 2.29 bits per heavy atom. The standard InChI is InChI=1S/C23H35N3O4S/c1-17(2)19-6-8-21(9-7-19)31(29,30)26-14-11-20(12-15-26)23(28)25-13-3-4-18(16-25)5-10-22(24)27/h6-9,17-18,20H,3-5,10-16H2,1-2H3,(H2,24,27). The molecule has 0 radical (unpaired) electrons. The Kier molecular flexibility index (Phi) is 7.75. The highest BCUT2D eigenvalue weighted by atomic mass is 32.2. The van der Waals surface area contributed by atoms with Gasteiger partial charge in [-0.1, -0.05) is 26.0 Å². The van der Waals surface area contributed by atoms with Gasteiger partial charge in [-0.25, -0.2) is 8.42 Å². The van der Waals surface area contributed by atoms with E-state index in [-0.39, 0.29) is 17.7 Å². The van der Waals surface area contributed by atoms with E-state index in [1.165, 1.54) is 4.31 Å². The highest BCUT2D eigenvalue weighted by Crippen LogP contribution is 2.28. The van der Waals surface area contributed by atoms with Crippen LogP contribution in [-0.2, 0) is 19.6 Å². The lowest BCUT2D eigenvalue weighted by molar-refractivity contribution is -0.138. The average Bonchev–Trinajstić information content (AvgIpc) is 2.77. The van der Waals surface area contributed by atoms with Gasteiger partial charge in [0.15, 0.2) is 0 Å². The van der Waals surface area contributed by atoms with Gasteiger partial charge in [-0.15, -0.1) is 0 Å². The minimum absolute atomic E-state index is 0.127. The highest BCUT2D eigenvalue weighted by Gasteiger charge is 2.35. The van der Waals surface area contributed by atoms with Crippen LogP contribution in [0.15, 0.2) is 29.2 Å². The summed E-state index contributed by atoms with van der Waals surface area (Å²) < 4.78 is 27.5. The predicted molar refractivity (Wildman–Crippen MR) is 120 cm³/mol. The Bertz CT molecular complexity index is 875. The molecule has 2 aliphatic rings. The summed E-state index contributed by atoms with van der Waals surface area (Å²) in [4.78, 5) is 26.3. The summed E-state index contributed by atoms with van der Waals surface area (Å²) in [5, 5.41) is 0. The lowest BCUT2D eigenvalue weighted by atomic mass is 9.90. The van der Waals surface area contributed by atoms with Crippen molar-refractivity contribution in [2.75, 3.05) is 26.2 Å². The molecule has 0 spiro atoms. The summed E-state index contributed by atoms with van der Waals surface area (Å²) in [5.74, 6) is 0.366. The van der Waals surface area contributed by atoms with Crippen molar-refractivity contribution in [2.24, 2.45) is 17.6 Å². The second kappa shape index (κ2) is 10.1. The van der Waals surface area contributed by atoms with E-state index in [0.29, 0.717) is 55.6 Å². The minimum Gasteiger partial charge on any atom is -0.370 e. The first-order chi connectivity index (χ1) is 14.7. The lowest BCUT2D eigenvalue weighted by Crippen LogP contribution is -2.47. The van der Waals surface area contributed by atoms with Crippen LogP contribution in [-0.4, -0.2) is 55.6 Å². The maximum Gasteiger partial charge on any atom is 0.243 e. The van der Waals surface area contributed by atoms with E-state index in [2.05, 4.69) is 13.8 Å². The third-order valence-electron chi connectivity index (χ3n) is 6.62. The molecule has 1 unspecified atom stereocenters. The number of hydrogen-bond acceptors (Lipinski definition) is 4. The van der Waals surface area contributed by atoms with E-state index in [9.17, 15) is 18.0 Å². The van der Waals surface area contributed by atoms with E-state index in [4.69, 9.17) is 5.73 Å². The molecule has 2 saturated heterocycles. The monoisotopic (exact) mass is 449 g/mol. The fourth-order valence-corrected chi connectivity index (χ4v) is 6.09. The van der Waals surface area contributed by atoms with Crippen molar-refractivity contribution in [3.8, 4) is 0 Å². The van der Waals surface area contributed by atoms with Gasteiger partial charge in [0.1, 0.15) is 0 Å². The van der Waals surface area contributed by atoms with Crippen LogP contribution < -0.4 is 5.73 Å². The molecule has 1 aromatic carbocycles. The molecule has 31 heavy (non-hydrogen) atoms. The Morgan fingerprint density at radius 1 is 1.06 bits per heavy atom. The Labute approximate surface area is 186 Å². The van der Waals surface area contributed by atoms with Crippen molar-refractivity contribution in [3.05, 3.63) is 29.8 Å². The van der Waals surface area contributed by atoms with Crippen molar-refractivity contribution in [1.82, 2.24) is 9.21 Å². The molecule has 2 fully saturated rings. The normalized spacial score (nSPS) is 21.4. The molecule has 2 amide bonds. The molecular formula is C23H35N3O4S. The molecule has 0 aliphatic carbocycles. The Balaban J connectivity index is 1.56. The predicted octanol–water partition coefficient (Wildman–Crippen LogP) is 2.71. The molecule has 3 rings (SSSR count). The van der Waals surface area contributed by atoms with Crippen LogP contribution in [0, 0.1) is 11.8 Å². The summed E-state index contributed by atoms with van der Waals surface area (Å²) in [6.07, 6.45) is 4.14. The molecule has 7 nitrogen and oxygen atoms in total. The maximum absolute atomic E-state index is 13.0. The van der Waals surface area contributed by atoms with Gasteiger partial charge in [0.05, 0.1) is 4.90 Å². The first-order valence-corrected chi connectivity index (χ1v) is 12.8. The number of amides is 2. The van der Waals surface area contributed by atoms with E-state index in [1.807, 2.05) is 17.0 Å². The van der Waals surface area contributed by atoms with Crippen molar-refractivity contribution < 1.29 is 18.0 Å². The fourth-order valence-electron chi connectivity index (χ4n) is 4.62. The number of hydrogen-bond donors (Lipinski definition) is 1. The third-order valence-corrected chi connectivity index (χ3v) is 8.53. The van der Waals surface area contributed by atoms with Gasteiger partial charge in [-0.2, -0.15) is 4.31 Å². The van der Waals surface area contributed by atoms with Crippen LogP contribution in [0.1, 0.15) is 63.9 Å². The van der Waals surface area contributed by atoms with Crippen LogP contribution >= 0.6 is 0 Å². The van der Waals surface area contributed by atoms with Gasteiger partial charge < -0.3 is 10.6 Å². The molecule has 0 saturated carbocycles. The number of sulfonamides is 1. The molecule has 8 heteroatoms. The summed E-state index contributed by atoms with van der Waals surface area (Å²) in [7, 11) is -3.54. The van der Waals surface area contributed by atoms with Crippen molar-refractivity contribution in [3.63, 3.8) is 0 Å². The topological polar surface area (TPSA) is 101 Å². The van der Waals surface area contributed by atoms with Gasteiger partial charge in [0.25, 0.3) is 0 Å². The molecule has 2 N–H and O–H groups in total. The van der Waals surface area contributed by atoms with Crippen LogP contribution in [0.25, 0.3) is 0 Å². The fraction of sp³-hybridized carbons (Fsp3) is 0.652. The molecule has 1 atom stereocenters. The number of benzene rings is 1. The van der Waals surface area contributed by atoms with Crippen molar-refractivity contribution in [1.29, 1.82) is 0 Å². The first kappa shape index (κ1) is 23.7. The van der Waals surface area contributed by atoms with Crippen LogP contribution in [0.3, 0.4) is 0 Å². The summed E-state index contributed by atoms with van der Waals surface area (Å²) in [6.45, 7) is 6.30. The number of carbonyl (C=O) groups excluding carboxylic acids is 2. The lowest BCUT2D eigenvalue weighted by Gasteiger charge is -2.37. The third kappa shape index (κ3) is 5.86. The molecular weight excluding hydrogens is 414 g/mol. The molecule has 1 aromatic rings. The first-order valence-electron chi connectivity index (χ1n) is 11.4. The molecule has 2 aliphatic heterocycles. The van der Waals surface area contributed by atoms with E-state index in [1.54, 1.807) is 12.1 Å². The molecule has 0 bridgehead atoms. The minimum atomic E-state index is -3.54. The zero-order valence-electron chi connectivity index (χ0n) is 18.6. The van der Waals surface area contributed by atoms with Crippen LogP contribution in [0.2, 0.25) is 0 Å². The molecule has 172 valence electrons. The summed E-state index contributed by atoms with van der Waals surface area (Å²) in [5.41, 5.74) is 6.37. The zero-order valence-corrected chi connectivity index (χ0v) is 19.4. The van der Waals surface area contributed by atoms with Gasteiger partial charge >= 0.3 is 0 Å². The van der Waals surface area contributed by atoms with Gasteiger partial charge in [0, 0.05) is 38.5 Å². The molecule has 2 heterocycles. The van der Waals surface area contributed by atoms with E-state index in [0.717, 1.165) is 31.4 Å². The number of likely N-dealkylation sites (tertiary alicyclic amines) is 1. The van der Waals surface area contributed by atoms with Gasteiger partial charge in [0.2, 0.25) is 21.8 Å². The Hall–Kier alpha value is -1.93. The maximum atomic E-state index is 13.0. The van der Waals surface area contributed by atoms with E-state index >= 15 is 0 Å². The quantitative estimate of drug-likeness (QED) is 0.691. The second-order valence-corrected chi connectivity index (χ2v) is 11.1. The van der Waals surface area contributed by atoms with Crippen molar-refractivity contribution in [2.45, 2.75) is 63.2 Å². The number of nitrogens with zero attached hydrogens (tertiary/aromatic N) is 2. The summed E-state index contributed by atoms with van der Waals surface area (Å²) in [6, 6.07) is 7.11. The van der Waals surface area contributed by atoms with Crippen LogP contribution in [0.5, 0.6) is 0 Å². The number of rotatable bonds is 7. The van der Waals surface area contributed by atoms with E-state index < -0.39 is 10.0 Å². The number of nitrogens with two attached hydrogens (primary N) is 1. The van der Waals surface area contributed by atoms with Gasteiger partial charge in [-0.3, -0.25) is 9.59 Å². The highest BCUT2D eigenvalue weighted by molar-refractivity contribution is 7.89. The average molecular weight is 450 g/mol. The zero-order chi connectivity index (χ0) is 22.6. The number of carbonyl (C=O) groups is 2.